The number of amides is 1. The number of rotatable bonds is 4. The van der Waals surface area contributed by atoms with Gasteiger partial charge in [0.25, 0.3) is 5.91 Å². The molecule has 3 aromatic rings. The van der Waals surface area contributed by atoms with E-state index in [0.717, 1.165) is 15.8 Å². The molecular weight excluding hydrogens is 373 g/mol. The van der Waals surface area contributed by atoms with Crippen molar-refractivity contribution in [1.29, 1.82) is 0 Å². The van der Waals surface area contributed by atoms with Gasteiger partial charge in [-0.3, -0.25) is 4.79 Å². The van der Waals surface area contributed by atoms with E-state index in [1.165, 1.54) is 18.2 Å². The molecule has 0 aliphatic rings. The quantitative estimate of drug-likeness (QED) is 0.665. The molecule has 3 rings (SSSR count). The Balaban J connectivity index is 1.68. The Morgan fingerprint density at radius 2 is 1.88 bits per heavy atom. The van der Waals surface area contributed by atoms with Crippen molar-refractivity contribution in [3.05, 3.63) is 82.7 Å². The van der Waals surface area contributed by atoms with Gasteiger partial charge < -0.3 is 10.6 Å². The fourth-order valence-corrected chi connectivity index (χ4v) is 2.46. The van der Waals surface area contributed by atoms with E-state index in [4.69, 9.17) is 0 Å². The van der Waals surface area contributed by atoms with Crippen molar-refractivity contribution in [2.24, 2.45) is 0 Å². The first-order valence-corrected chi connectivity index (χ1v) is 7.95. The summed E-state index contributed by atoms with van der Waals surface area (Å²) in [4.78, 5) is 16.2. The molecule has 2 N–H and O–H groups in total. The van der Waals surface area contributed by atoms with Crippen LogP contribution in [0.4, 0.5) is 21.6 Å². The summed E-state index contributed by atoms with van der Waals surface area (Å²) < 4.78 is 14.1. The van der Waals surface area contributed by atoms with Crippen molar-refractivity contribution in [2.45, 2.75) is 0 Å². The summed E-state index contributed by atoms with van der Waals surface area (Å²) in [5, 5.41) is 5.85. The molecule has 1 aromatic heterocycles. The minimum Gasteiger partial charge on any atom is -0.353 e. The van der Waals surface area contributed by atoms with Crippen LogP contribution in [0, 0.1) is 5.82 Å². The number of halogens is 2. The Morgan fingerprint density at radius 3 is 2.58 bits per heavy atom. The lowest BCUT2D eigenvalue weighted by Crippen LogP contribution is -2.13. The summed E-state index contributed by atoms with van der Waals surface area (Å²) in [6, 6.07) is 16.7. The number of carbonyl (C=O) groups excluding carboxylic acids is 1. The molecule has 0 fully saturated rings. The maximum atomic E-state index is 13.2. The topological polar surface area (TPSA) is 54.0 Å². The fourth-order valence-electron chi connectivity index (χ4n) is 2.08. The van der Waals surface area contributed by atoms with Gasteiger partial charge in [-0.05, 0) is 58.4 Å². The molecule has 120 valence electrons. The second-order valence-electron chi connectivity index (χ2n) is 5.00. The highest BCUT2D eigenvalue weighted by atomic mass is 79.9. The van der Waals surface area contributed by atoms with Gasteiger partial charge in [0, 0.05) is 10.0 Å². The lowest BCUT2D eigenvalue weighted by molar-refractivity contribution is 0.102. The second kappa shape index (κ2) is 7.23. The van der Waals surface area contributed by atoms with Crippen molar-refractivity contribution >= 4 is 39.0 Å². The van der Waals surface area contributed by atoms with Crippen LogP contribution in [0.3, 0.4) is 0 Å². The Morgan fingerprint density at radius 1 is 1.04 bits per heavy atom. The van der Waals surface area contributed by atoms with Crippen molar-refractivity contribution < 1.29 is 9.18 Å². The van der Waals surface area contributed by atoms with Gasteiger partial charge in [-0.1, -0.05) is 18.2 Å². The number of hydrogen-bond donors (Lipinski definition) is 2. The zero-order valence-electron chi connectivity index (χ0n) is 12.5. The van der Waals surface area contributed by atoms with Crippen molar-refractivity contribution in [3.63, 3.8) is 0 Å². The molecule has 0 bridgehead atoms. The number of anilines is 3. The summed E-state index contributed by atoms with van der Waals surface area (Å²) in [7, 11) is 0. The lowest BCUT2D eigenvalue weighted by Gasteiger charge is -2.09. The van der Waals surface area contributed by atoms with E-state index in [9.17, 15) is 9.18 Å². The van der Waals surface area contributed by atoms with E-state index in [2.05, 4.69) is 31.5 Å². The van der Waals surface area contributed by atoms with Gasteiger partial charge in [0.1, 0.15) is 11.6 Å². The molecule has 0 saturated carbocycles. The van der Waals surface area contributed by atoms with Gasteiger partial charge in [-0.25, -0.2) is 9.37 Å². The Labute approximate surface area is 146 Å². The first-order chi connectivity index (χ1) is 11.6. The monoisotopic (exact) mass is 385 g/mol. The number of para-hydroxylation sites is 1. The molecule has 0 aliphatic carbocycles. The normalized spacial score (nSPS) is 10.2. The molecule has 0 radical (unpaired) electrons. The number of aromatic nitrogens is 1. The highest BCUT2D eigenvalue weighted by Gasteiger charge is 2.08. The molecule has 1 heterocycles. The molecule has 0 saturated heterocycles. The molecule has 24 heavy (non-hydrogen) atoms. The van der Waals surface area contributed by atoms with E-state index in [1.54, 1.807) is 24.4 Å². The molecule has 1 amide bonds. The van der Waals surface area contributed by atoms with Gasteiger partial charge >= 0.3 is 0 Å². The first-order valence-electron chi connectivity index (χ1n) is 7.16. The van der Waals surface area contributed by atoms with Gasteiger partial charge in [0.05, 0.1) is 17.6 Å². The lowest BCUT2D eigenvalue weighted by atomic mass is 10.2. The molecule has 0 atom stereocenters. The van der Waals surface area contributed by atoms with E-state index in [1.807, 2.05) is 24.3 Å². The van der Waals surface area contributed by atoms with Crippen LogP contribution in [0.5, 0.6) is 0 Å². The van der Waals surface area contributed by atoms with Crippen LogP contribution in [0.15, 0.2) is 71.3 Å². The summed E-state index contributed by atoms with van der Waals surface area (Å²) >= 11 is 3.46. The third-order valence-electron chi connectivity index (χ3n) is 3.24. The average molecular weight is 386 g/mol. The van der Waals surface area contributed by atoms with Crippen LogP contribution in [-0.4, -0.2) is 10.9 Å². The van der Waals surface area contributed by atoms with E-state index < -0.39 is 11.7 Å². The van der Waals surface area contributed by atoms with E-state index >= 15 is 0 Å². The third kappa shape index (κ3) is 3.97. The minimum atomic E-state index is -0.455. The SMILES string of the molecule is O=C(Nc1ccc(Nc2ccccc2Br)cn1)c1cccc(F)c1. The smallest absolute Gasteiger partial charge is 0.256 e. The largest absolute Gasteiger partial charge is 0.353 e. The molecular formula is C18H13BrFN3O. The van der Waals surface area contributed by atoms with Crippen molar-refractivity contribution in [2.75, 3.05) is 10.6 Å². The number of nitrogens with one attached hydrogen (secondary N) is 2. The summed E-state index contributed by atoms with van der Waals surface area (Å²) in [5.41, 5.74) is 1.94. The number of nitrogens with zero attached hydrogens (tertiary/aromatic N) is 1. The number of pyridine rings is 1. The highest BCUT2D eigenvalue weighted by molar-refractivity contribution is 9.10. The molecule has 0 aliphatic heterocycles. The number of benzene rings is 2. The summed E-state index contributed by atoms with van der Waals surface area (Å²) in [5.74, 6) is -0.473. The zero-order chi connectivity index (χ0) is 16.9. The van der Waals surface area contributed by atoms with Gasteiger partial charge in [0.15, 0.2) is 0 Å². The van der Waals surface area contributed by atoms with Crippen molar-refractivity contribution in [1.82, 2.24) is 4.98 Å². The Bertz CT molecular complexity index is 868. The molecule has 4 nitrogen and oxygen atoms in total. The fraction of sp³-hybridized carbons (Fsp3) is 0. The van der Waals surface area contributed by atoms with Crippen LogP contribution in [0.2, 0.25) is 0 Å². The van der Waals surface area contributed by atoms with Crippen LogP contribution >= 0.6 is 15.9 Å². The molecule has 2 aromatic carbocycles. The minimum absolute atomic E-state index is 0.243. The van der Waals surface area contributed by atoms with Crippen LogP contribution in [0.1, 0.15) is 10.4 Å². The predicted octanol–water partition coefficient (Wildman–Crippen LogP) is 4.98. The number of hydrogen-bond acceptors (Lipinski definition) is 3. The Hall–Kier alpha value is -2.73. The van der Waals surface area contributed by atoms with E-state index in [-0.39, 0.29) is 5.56 Å². The first kappa shape index (κ1) is 16.1. The van der Waals surface area contributed by atoms with Crippen LogP contribution in [-0.2, 0) is 0 Å². The standard InChI is InChI=1S/C18H13BrFN3O/c19-15-6-1-2-7-16(15)22-14-8-9-17(21-11-14)23-18(24)12-4-3-5-13(20)10-12/h1-11,22H,(H,21,23,24). The third-order valence-corrected chi connectivity index (χ3v) is 3.94. The van der Waals surface area contributed by atoms with Crippen LogP contribution in [0.25, 0.3) is 0 Å². The highest BCUT2D eigenvalue weighted by Crippen LogP contribution is 2.25. The second-order valence-corrected chi connectivity index (χ2v) is 5.86. The average Bonchev–Trinajstić information content (AvgIpc) is 2.58. The molecule has 0 unspecified atom stereocenters. The maximum absolute atomic E-state index is 13.2. The van der Waals surface area contributed by atoms with Gasteiger partial charge in [-0.2, -0.15) is 0 Å². The number of carbonyl (C=O) groups is 1. The van der Waals surface area contributed by atoms with Gasteiger partial charge in [-0.15, -0.1) is 0 Å². The molecule has 6 heteroatoms. The summed E-state index contributed by atoms with van der Waals surface area (Å²) in [6.07, 6.45) is 1.61. The van der Waals surface area contributed by atoms with Crippen molar-refractivity contribution in [3.8, 4) is 0 Å². The van der Waals surface area contributed by atoms with Crippen LogP contribution < -0.4 is 10.6 Å². The maximum Gasteiger partial charge on any atom is 0.256 e. The van der Waals surface area contributed by atoms with Gasteiger partial charge in [0.2, 0.25) is 0 Å². The zero-order valence-corrected chi connectivity index (χ0v) is 14.0. The summed E-state index contributed by atoms with van der Waals surface area (Å²) in [6.45, 7) is 0. The predicted molar refractivity (Wildman–Crippen MR) is 96.0 cm³/mol. The Kier molecular flexibility index (Phi) is 4.86. The van der Waals surface area contributed by atoms with E-state index in [0.29, 0.717) is 5.82 Å². The molecule has 0 spiro atoms.